The van der Waals surface area contributed by atoms with Crippen molar-refractivity contribution in [1.29, 1.82) is 0 Å². The molecule has 0 saturated carbocycles. The summed E-state index contributed by atoms with van der Waals surface area (Å²) in [7, 11) is 1.81. The molecule has 1 amide bonds. The standard InChI is InChI=1S/C15H28N2O3/c1-3-20-12-15(18)17-8-4-13(5-9-17)16-10-6-14(19-2)7-11-16/h13-14H,3-12H2,1-2H3. The Hall–Kier alpha value is -0.650. The number of nitrogens with zero attached hydrogens (tertiary/aromatic N) is 2. The third-order valence-corrected chi connectivity index (χ3v) is 4.57. The number of likely N-dealkylation sites (tertiary alicyclic amines) is 2. The number of hydrogen-bond donors (Lipinski definition) is 0. The molecule has 2 rings (SSSR count). The van der Waals surface area contributed by atoms with Gasteiger partial charge >= 0.3 is 0 Å². The second-order valence-electron chi connectivity index (χ2n) is 5.72. The number of methoxy groups -OCH3 is 1. The molecule has 0 aliphatic carbocycles. The lowest BCUT2D eigenvalue weighted by atomic mass is 9.99. The van der Waals surface area contributed by atoms with E-state index in [1.165, 1.54) is 0 Å². The number of hydrogen-bond acceptors (Lipinski definition) is 4. The fraction of sp³-hybridized carbons (Fsp3) is 0.933. The molecule has 2 saturated heterocycles. The minimum absolute atomic E-state index is 0.142. The number of rotatable bonds is 5. The average molecular weight is 284 g/mol. The Labute approximate surface area is 122 Å². The third-order valence-electron chi connectivity index (χ3n) is 4.57. The van der Waals surface area contributed by atoms with Crippen LogP contribution in [0.3, 0.4) is 0 Å². The lowest BCUT2D eigenvalue weighted by Gasteiger charge is -2.41. The Morgan fingerprint density at radius 2 is 1.75 bits per heavy atom. The SMILES string of the molecule is CCOCC(=O)N1CCC(N2CCC(OC)CC2)CC1. The van der Waals surface area contributed by atoms with Crippen LogP contribution in [0.5, 0.6) is 0 Å². The molecule has 0 bridgehead atoms. The number of amides is 1. The normalized spacial score (nSPS) is 23.2. The van der Waals surface area contributed by atoms with E-state index in [2.05, 4.69) is 4.90 Å². The summed E-state index contributed by atoms with van der Waals surface area (Å²) in [5, 5.41) is 0. The smallest absolute Gasteiger partial charge is 0.248 e. The van der Waals surface area contributed by atoms with Crippen LogP contribution in [-0.2, 0) is 14.3 Å². The molecule has 2 fully saturated rings. The molecule has 0 spiro atoms. The summed E-state index contributed by atoms with van der Waals surface area (Å²) in [5.41, 5.74) is 0. The van der Waals surface area contributed by atoms with E-state index in [9.17, 15) is 4.79 Å². The van der Waals surface area contributed by atoms with Crippen LogP contribution in [0.1, 0.15) is 32.6 Å². The van der Waals surface area contributed by atoms with Crippen LogP contribution < -0.4 is 0 Å². The molecule has 0 atom stereocenters. The van der Waals surface area contributed by atoms with Crippen molar-refractivity contribution in [2.45, 2.75) is 44.8 Å². The molecule has 0 N–H and O–H groups in total. The Bertz CT molecular complexity index is 295. The molecule has 2 aliphatic rings. The van der Waals surface area contributed by atoms with E-state index in [-0.39, 0.29) is 12.5 Å². The fourth-order valence-electron chi connectivity index (χ4n) is 3.24. The highest BCUT2D eigenvalue weighted by atomic mass is 16.5. The van der Waals surface area contributed by atoms with Crippen LogP contribution in [0.4, 0.5) is 0 Å². The van der Waals surface area contributed by atoms with Crippen molar-refractivity contribution in [3.05, 3.63) is 0 Å². The number of carbonyl (C=O) groups is 1. The monoisotopic (exact) mass is 284 g/mol. The Morgan fingerprint density at radius 3 is 2.30 bits per heavy atom. The van der Waals surface area contributed by atoms with Gasteiger partial charge in [-0.15, -0.1) is 0 Å². The maximum Gasteiger partial charge on any atom is 0.248 e. The van der Waals surface area contributed by atoms with Gasteiger partial charge in [0.05, 0.1) is 6.10 Å². The van der Waals surface area contributed by atoms with Gasteiger partial charge in [0.2, 0.25) is 5.91 Å². The first-order valence-corrected chi connectivity index (χ1v) is 7.87. The number of ether oxygens (including phenoxy) is 2. The number of carbonyl (C=O) groups excluding carboxylic acids is 1. The van der Waals surface area contributed by atoms with Crippen molar-refractivity contribution >= 4 is 5.91 Å². The van der Waals surface area contributed by atoms with Gasteiger partial charge in [-0.25, -0.2) is 0 Å². The van der Waals surface area contributed by atoms with Crippen LogP contribution in [0.25, 0.3) is 0 Å². The molecule has 0 aromatic rings. The van der Waals surface area contributed by atoms with Crippen molar-refractivity contribution in [3.63, 3.8) is 0 Å². The van der Waals surface area contributed by atoms with Crippen LogP contribution in [-0.4, -0.2) is 74.4 Å². The third kappa shape index (κ3) is 4.17. The van der Waals surface area contributed by atoms with Gasteiger partial charge in [-0.1, -0.05) is 0 Å². The lowest BCUT2D eigenvalue weighted by molar-refractivity contribution is -0.137. The molecule has 0 aromatic heterocycles. The first-order chi connectivity index (χ1) is 9.74. The van der Waals surface area contributed by atoms with Crippen LogP contribution in [0.15, 0.2) is 0 Å². The lowest BCUT2D eigenvalue weighted by Crippen LogP contribution is -2.50. The van der Waals surface area contributed by atoms with Gasteiger partial charge in [0, 0.05) is 45.9 Å². The molecular formula is C15H28N2O3. The first kappa shape index (κ1) is 15.7. The van der Waals surface area contributed by atoms with Gasteiger partial charge in [-0.3, -0.25) is 4.79 Å². The largest absolute Gasteiger partial charge is 0.381 e. The average Bonchev–Trinajstić information content (AvgIpc) is 2.53. The molecule has 0 aromatic carbocycles. The zero-order valence-corrected chi connectivity index (χ0v) is 12.8. The van der Waals surface area contributed by atoms with E-state index in [0.29, 0.717) is 18.8 Å². The Kier molecular flexibility index (Phi) is 6.26. The zero-order valence-electron chi connectivity index (χ0n) is 12.8. The van der Waals surface area contributed by atoms with Crippen molar-refractivity contribution in [3.8, 4) is 0 Å². The van der Waals surface area contributed by atoms with Gasteiger partial charge in [0.15, 0.2) is 0 Å². The summed E-state index contributed by atoms with van der Waals surface area (Å²) in [6, 6.07) is 0.643. The molecular weight excluding hydrogens is 256 g/mol. The Morgan fingerprint density at radius 1 is 1.10 bits per heavy atom. The van der Waals surface area contributed by atoms with E-state index in [4.69, 9.17) is 9.47 Å². The second-order valence-corrected chi connectivity index (χ2v) is 5.72. The minimum Gasteiger partial charge on any atom is -0.381 e. The second kappa shape index (κ2) is 7.96. The highest BCUT2D eigenvalue weighted by molar-refractivity contribution is 5.77. The minimum atomic E-state index is 0.142. The van der Waals surface area contributed by atoms with E-state index in [0.717, 1.165) is 51.9 Å². The van der Waals surface area contributed by atoms with Gasteiger partial charge in [0.25, 0.3) is 0 Å². The van der Waals surface area contributed by atoms with Gasteiger partial charge in [0.1, 0.15) is 6.61 Å². The maximum atomic E-state index is 11.9. The molecule has 0 radical (unpaired) electrons. The molecule has 2 aliphatic heterocycles. The van der Waals surface area contributed by atoms with Crippen molar-refractivity contribution in [2.24, 2.45) is 0 Å². The molecule has 20 heavy (non-hydrogen) atoms. The van der Waals surface area contributed by atoms with Crippen LogP contribution >= 0.6 is 0 Å². The fourth-order valence-corrected chi connectivity index (χ4v) is 3.24. The van der Waals surface area contributed by atoms with E-state index in [1.54, 1.807) is 0 Å². The van der Waals surface area contributed by atoms with Crippen LogP contribution in [0.2, 0.25) is 0 Å². The molecule has 116 valence electrons. The van der Waals surface area contributed by atoms with E-state index < -0.39 is 0 Å². The Balaban J connectivity index is 1.70. The maximum absolute atomic E-state index is 11.9. The van der Waals surface area contributed by atoms with Gasteiger partial charge in [-0.05, 0) is 32.6 Å². The summed E-state index contributed by atoms with van der Waals surface area (Å²) in [4.78, 5) is 16.4. The van der Waals surface area contributed by atoms with Crippen molar-refractivity contribution in [1.82, 2.24) is 9.80 Å². The first-order valence-electron chi connectivity index (χ1n) is 7.87. The number of piperidine rings is 2. The molecule has 5 heteroatoms. The highest BCUT2D eigenvalue weighted by Gasteiger charge is 2.29. The molecule has 2 heterocycles. The summed E-state index contributed by atoms with van der Waals surface area (Å²) < 4.78 is 10.6. The summed E-state index contributed by atoms with van der Waals surface area (Å²) >= 11 is 0. The topological polar surface area (TPSA) is 42.0 Å². The van der Waals surface area contributed by atoms with Crippen molar-refractivity contribution < 1.29 is 14.3 Å². The zero-order chi connectivity index (χ0) is 14.4. The highest BCUT2D eigenvalue weighted by Crippen LogP contribution is 2.22. The summed E-state index contributed by atoms with van der Waals surface area (Å²) in [6.45, 7) is 6.79. The van der Waals surface area contributed by atoms with E-state index in [1.807, 2.05) is 18.9 Å². The van der Waals surface area contributed by atoms with Crippen molar-refractivity contribution in [2.75, 3.05) is 46.5 Å². The summed E-state index contributed by atoms with van der Waals surface area (Å²) in [5.74, 6) is 0.142. The van der Waals surface area contributed by atoms with Gasteiger partial charge in [-0.2, -0.15) is 0 Å². The molecule has 5 nitrogen and oxygen atoms in total. The predicted octanol–water partition coefficient (Wildman–Crippen LogP) is 1.12. The van der Waals surface area contributed by atoms with Crippen LogP contribution in [0, 0.1) is 0 Å². The van der Waals surface area contributed by atoms with Gasteiger partial charge < -0.3 is 19.3 Å². The quantitative estimate of drug-likeness (QED) is 0.759. The predicted molar refractivity (Wildman–Crippen MR) is 77.7 cm³/mol. The van der Waals surface area contributed by atoms with E-state index >= 15 is 0 Å². The molecule has 0 unspecified atom stereocenters. The summed E-state index contributed by atoms with van der Waals surface area (Å²) in [6.07, 6.45) is 4.91.